The Morgan fingerprint density at radius 2 is 2.29 bits per heavy atom. The highest BCUT2D eigenvalue weighted by Gasteiger charge is 2.53. The van der Waals surface area contributed by atoms with Gasteiger partial charge in [0.1, 0.15) is 6.26 Å². The van der Waals surface area contributed by atoms with Crippen LogP contribution in [0.3, 0.4) is 0 Å². The van der Waals surface area contributed by atoms with E-state index in [4.69, 9.17) is 4.42 Å². The van der Waals surface area contributed by atoms with Crippen molar-refractivity contribution in [3.05, 3.63) is 24.2 Å². The van der Waals surface area contributed by atoms with Crippen molar-refractivity contribution in [3.8, 4) is 0 Å². The molecule has 74 valence electrons. The Labute approximate surface area is 81.7 Å². The summed E-state index contributed by atoms with van der Waals surface area (Å²) < 4.78 is 4.86. The second-order valence-corrected chi connectivity index (χ2v) is 4.00. The van der Waals surface area contributed by atoms with E-state index >= 15 is 0 Å². The molecule has 2 N–H and O–H groups in total. The molecule has 2 fully saturated rings. The largest absolute Gasteiger partial charge is 0.472 e. The van der Waals surface area contributed by atoms with E-state index in [1.807, 2.05) is 0 Å². The highest BCUT2D eigenvalue weighted by atomic mass is 16.3. The predicted octanol–water partition coefficient (Wildman–Crippen LogP) is 0.227. The molecule has 1 saturated carbocycles. The number of carbonyl (C=O) groups excluding carboxylic acids is 1. The summed E-state index contributed by atoms with van der Waals surface area (Å²) in [6.07, 6.45) is 3.00. The lowest BCUT2D eigenvalue weighted by molar-refractivity contribution is 0.0946. The number of piperidine rings is 1. The average Bonchev–Trinajstić information content (AvgIpc) is 2.75. The summed E-state index contributed by atoms with van der Waals surface area (Å²) in [5.41, 5.74) is 0.614. The Hall–Kier alpha value is -1.29. The van der Waals surface area contributed by atoms with Crippen LogP contribution in [0.4, 0.5) is 0 Å². The van der Waals surface area contributed by atoms with Crippen LogP contribution in [0.1, 0.15) is 10.4 Å². The molecule has 2 heterocycles. The third-order valence-corrected chi connectivity index (χ3v) is 3.17. The molecule has 0 aromatic carbocycles. The third kappa shape index (κ3) is 1.14. The van der Waals surface area contributed by atoms with Gasteiger partial charge in [0.05, 0.1) is 11.8 Å². The van der Waals surface area contributed by atoms with Crippen LogP contribution in [0.2, 0.25) is 0 Å². The van der Waals surface area contributed by atoms with Gasteiger partial charge in [0.25, 0.3) is 5.91 Å². The maximum absolute atomic E-state index is 11.6. The zero-order valence-corrected chi connectivity index (χ0v) is 7.69. The lowest BCUT2D eigenvalue weighted by Crippen LogP contribution is -2.32. The second kappa shape index (κ2) is 2.85. The average molecular weight is 192 g/mol. The summed E-state index contributed by atoms with van der Waals surface area (Å²) in [7, 11) is 0. The molecule has 0 radical (unpaired) electrons. The minimum Gasteiger partial charge on any atom is -0.472 e. The first-order valence-corrected chi connectivity index (χ1v) is 4.90. The Bertz CT molecular complexity index is 337. The Balaban J connectivity index is 1.61. The van der Waals surface area contributed by atoms with Crippen molar-refractivity contribution in [2.75, 3.05) is 13.1 Å². The third-order valence-electron chi connectivity index (χ3n) is 3.17. The monoisotopic (exact) mass is 192 g/mol. The van der Waals surface area contributed by atoms with Gasteiger partial charge in [0, 0.05) is 19.1 Å². The van der Waals surface area contributed by atoms with E-state index < -0.39 is 0 Å². The Morgan fingerprint density at radius 3 is 2.93 bits per heavy atom. The molecule has 3 rings (SSSR count). The topological polar surface area (TPSA) is 54.3 Å². The van der Waals surface area contributed by atoms with Gasteiger partial charge in [-0.2, -0.15) is 0 Å². The number of fused-ring (bicyclic) bond motifs is 1. The van der Waals surface area contributed by atoms with Crippen LogP contribution in [-0.4, -0.2) is 25.0 Å². The van der Waals surface area contributed by atoms with Gasteiger partial charge < -0.3 is 15.1 Å². The molecule has 4 heteroatoms. The molecule has 0 bridgehead atoms. The zero-order valence-electron chi connectivity index (χ0n) is 7.69. The van der Waals surface area contributed by atoms with Gasteiger partial charge >= 0.3 is 0 Å². The van der Waals surface area contributed by atoms with E-state index in [1.54, 1.807) is 6.07 Å². The first kappa shape index (κ1) is 8.05. The SMILES string of the molecule is O=C(NC1[C@H]2CNC[C@@H]12)c1ccoc1. The number of carbonyl (C=O) groups is 1. The lowest BCUT2D eigenvalue weighted by atomic mass is 10.3. The van der Waals surface area contributed by atoms with Gasteiger partial charge in [0.2, 0.25) is 0 Å². The fraction of sp³-hybridized carbons (Fsp3) is 0.500. The van der Waals surface area contributed by atoms with E-state index in [0.717, 1.165) is 13.1 Å². The van der Waals surface area contributed by atoms with Gasteiger partial charge in [-0.05, 0) is 17.9 Å². The summed E-state index contributed by atoms with van der Waals surface area (Å²) in [6, 6.07) is 2.07. The van der Waals surface area contributed by atoms with Gasteiger partial charge in [0.15, 0.2) is 0 Å². The van der Waals surface area contributed by atoms with E-state index in [2.05, 4.69) is 10.6 Å². The minimum absolute atomic E-state index is 0.0156. The van der Waals surface area contributed by atoms with Crippen molar-refractivity contribution >= 4 is 5.91 Å². The summed E-state index contributed by atoms with van der Waals surface area (Å²) in [6.45, 7) is 2.09. The molecule has 1 aromatic rings. The molecule has 14 heavy (non-hydrogen) atoms. The highest BCUT2D eigenvalue weighted by molar-refractivity contribution is 5.94. The molecule has 1 aromatic heterocycles. The van der Waals surface area contributed by atoms with Crippen molar-refractivity contribution in [2.45, 2.75) is 6.04 Å². The van der Waals surface area contributed by atoms with E-state index in [-0.39, 0.29) is 5.91 Å². The Kier molecular flexibility index (Phi) is 1.64. The van der Waals surface area contributed by atoms with Crippen LogP contribution in [0.5, 0.6) is 0 Å². The molecule has 4 nitrogen and oxygen atoms in total. The van der Waals surface area contributed by atoms with E-state index in [0.29, 0.717) is 23.4 Å². The first-order chi connectivity index (χ1) is 6.86. The standard InChI is InChI=1S/C10H12N2O2/c13-10(6-1-2-14-5-6)12-9-7-3-11-4-8(7)9/h1-2,5,7-9,11H,3-4H2,(H,12,13)/t7-,8+,9?. The minimum atomic E-state index is -0.0156. The normalized spacial score (nSPS) is 33.9. The van der Waals surface area contributed by atoms with Crippen molar-refractivity contribution in [1.29, 1.82) is 0 Å². The molecule has 1 unspecified atom stereocenters. The number of hydrogen-bond donors (Lipinski definition) is 2. The number of furan rings is 1. The predicted molar refractivity (Wildman–Crippen MR) is 49.8 cm³/mol. The molecule has 1 saturated heterocycles. The summed E-state index contributed by atoms with van der Waals surface area (Å²) >= 11 is 0. The van der Waals surface area contributed by atoms with Crippen molar-refractivity contribution in [2.24, 2.45) is 11.8 Å². The molecule has 1 aliphatic heterocycles. The van der Waals surface area contributed by atoms with Crippen LogP contribution in [-0.2, 0) is 0 Å². The molecular weight excluding hydrogens is 180 g/mol. The molecule has 1 amide bonds. The number of amides is 1. The first-order valence-electron chi connectivity index (χ1n) is 4.90. The lowest BCUT2D eigenvalue weighted by Gasteiger charge is -2.05. The summed E-state index contributed by atoms with van der Waals surface area (Å²) in [5, 5.41) is 6.31. The van der Waals surface area contributed by atoms with Gasteiger partial charge in [-0.3, -0.25) is 4.79 Å². The Morgan fingerprint density at radius 1 is 1.50 bits per heavy atom. The van der Waals surface area contributed by atoms with Gasteiger partial charge in [-0.25, -0.2) is 0 Å². The van der Waals surface area contributed by atoms with E-state index in [9.17, 15) is 4.79 Å². The number of rotatable bonds is 2. The summed E-state index contributed by atoms with van der Waals surface area (Å²) in [5.74, 6) is 1.30. The van der Waals surface area contributed by atoms with Crippen LogP contribution < -0.4 is 10.6 Å². The smallest absolute Gasteiger partial charge is 0.254 e. The van der Waals surface area contributed by atoms with E-state index in [1.165, 1.54) is 12.5 Å². The highest BCUT2D eigenvalue weighted by Crippen LogP contribution is 2.41. The quantitative estimate of drug-likeness (QED) is 0.705. The van der Waals surface area contributed by atoms with Crippen LogP contribution in [0.15, 0.2) is 23.0 Å². The van der Waals surface area contributed by atoms with Crippen molar-refractivity contribution in [1.82, 2.24) is 10.6 Å². The zero-order chi connectivity index (χ0) is 9.54. The van der Waals surface area contributed by atoms with Crippen LogP contribution in [0, 0.1) is 11.8 Å². The van der Waals surface area contributed by atoms with Gasteiger partial charge in [-0.15, -0.1) is 0 Å². The molecular formula is C10H12N2O2. The fourth-order valence-electron chi connectivity index (χ4n) is 2.26. The maximum atomic E-state index is 11.6. The molecule has 1 aliphatic carbocycles. The van der Waals surface area contributed by atoms with Crippen molar-refractivity contribution < 1.29 is 9.21 Å². The molecule has 2 aliphatic rings. The molecule has 0 spiro atoms. The van der Waals surface area contributed by atoms with Crippen LogP contribution in [0.25, 0.3) is 0 Å². The second-order valence-electron chi connectivity index (χ2n) is 4.00. The number of hydrogen-bond acceptors (Lipinski definition) is 3. The summed E-state index contributed by atoms with van der Waals surface area (Å²) in [4.78, 5) is 11.6. The van der Waals surface area contributed by atoms with Gasteiger partial charge in [-0.1, -0.05) is 0 Å². The van der Waals surface area contributed by atoms with Crippen molar-refractivity contribution in [3.63, 3.8) is 0 Å². The fourth-order valence-corrected chi connectivity index (χ4v) is 2.26. The molecule has 3 atom stereocenters. The number of nitrogens with one attached hydrogen (secondary N) is 2. The van der Waals surface area contributed by atoms with Crippen LogP contribution >= 0.6 is 0 Å². The maximum Gasteiger partial charge on any atom is 0.254 e.